The van der Waals surface area contributed by atoms with Crippen LogP contribution in [0.1, 0.15) is 24.1 Å². The highest BCUT2D eigenvalue weighted by Crippen LogP contribution is 2.21. The zero-order valence-electron chi connectivity index (χ0n) is 17.6. The molecule has 2 aromatic carbocycles. The van der Waals surface area contributed by atoms with Crippen LogP contribution in [0.5, 0.6) is 0 Å². The number of hydrogen-bond acceptors (Lipinski definition) is 6. The summed E-state index contributed by atoms with van der Waals surface area (Å²) in [6, 6.07) is 18.7. The normalized spacial score (nSPS) is 15.4. The second-order valence-corrected chi connectivity index (χ2v) is 8.23. The second-order valence-electron chi connectivity index (χ2n) is 8.23. The predicted octanol–water partition coefficient (Wildman–Crippen LogP) is 3.75. The lowest BCUT2D eigenvalue weighted by molar-refractivity contribution is 0.164. The molecule has 158 valence electrons. The van der Waals surface area contributed by atoms with Crippen molar-refractivity contribution in [2.75, 3.05) is 18.4 Å². The number of fused-ring (bicyclic) bond motifs is 1. The van der Waals surface area contributed by atoms with E-state index < -0.39 is 0 Å². The number of para-hydroxylation sites is 1. The van der Waals surface area contributed by atoms with Gasteiger partial charge in [0.2, 0.25) is 0 Å². The Morgan fingerprint density at radius 1 is 0.935 bits per heavy atom. The molecule has 31 heavy (non-hydrogen) atoms. The number of aromatic nitrogens is 5. The number of nitrogens with one attached hydrogen (secondary N) is 1. The minimum Gasteiger partial charge on any atom is -0.364 e. The number of hydrogen-bond donors (Lipinski definition) is 1. The molecule has 0 spiro atoms. The smallest absolute Gasteiger partial charge is 0.137 e. The Morgan fingerprint density at radius 3 is 2.61 bits per heavy atom. The van der Waals surface area contributed by atoms with Crippen LogP contribution in [0.25, 0.3) is 10.9 Å². The summed E-state index contributed by atoms with van der Waals surface area (Å²) in [4.78, 5) is 11.2. The van der Waals surface area contributed by atoms with Gasteiger partial charge in [-0.05, 0) is 49.5 Å². The maximum absolute atomic E-state index is 4.38. The summed E-state index contributed by atoms with van der Waals surface area (Å²) in [6.07, 6.45) is 6.04. The molecule has 0 amide bonds. The number of rotatable bonds is 7. The molecule has 2 aromatic heterocycles. The molecule has 0 saturated carbocycles. The van der Waals surface area contributed by atoms with Crippen LogP contribution in [0.3, 0.4) is 0 Å². The summed E-state index contributed by atoms with van der Waals surface area (Å²) in [6.45, 7) is 4.86. The van der Waals surface area contributed by atoms with Crippen LogP contribution in [0.4, 0.5) is 5.82 Å². The molecule has 0 radical (unpaired) electrons. The van der Waals surface area contributed by atoms with Crippen molar-refractivity contribution in [1.29, 1.82) is 0 Å². The zero-order chi connectivity index (χ0) is 20.9. The molecule has 1 N–H and O–H groups in total. The molecule has 0 unspecified atom stereocenters. The van der Waals surface area contributed by atoms with Gasteiger partial charge in [-0.15, -0.1) is 5.10 Å². The Hall–Kier alpha value is -3.32. The van der Waals surface area contributed by atoms with Crippen LogP contribution in [0.2, 0.25) is 0 Å². The average molecular weight is 414 g/mol. The average Bonchev–Trinajstić information content (AvgIpc) is 3.27. The molecule has 1 fully saturated rings. The number of piperidine rings is 1. The lowest BCUT2D eigenvalue weighted by Gasteiger charge is -2.31. The van der Waals surface area contributed by atoms with Gasteiger partial charge in [-0.3, -0.25) is 9.58 Å². The summed E-state index contributed by atoms with van der Waals surface area (Å²) in [7, 11) is 0. The van der Waals surface area contributed by atoms with Gasteiger partial charge < -0.3 is 5.32 Å². The highest BCUT2D eigenvalue weighted by molar-refractivity contribution is 5.88. The summed E-state index contributed by atoms with van der Waals surface area (Å²) >= 11 is 0. The topological polar surface area (TPSA) is 71.8 Å². The van der Waals surface area contributed by atoms with Crippen molar-refractivity contribution in [1.82, 2.24) is 29.9 Å². The van der Waals surface area contributed by atoms with E-state index in [1.807, 2.05) is 35.1 Å². The second kappa shape index (κ2) is 9.22. The van der Waals surface area contributed by atoms with Gasteiger partial charge in [0.25, 0.3) is 0 Å². The summed E-state index contributed by atoms with van der Waals surface area (Å²) in [5.41, 5.74) is 3.25. The van der Waals surface area contributed by atoms with E-state index in [0.717, 1.165) is 48.6 Å². The highest BCUT2D eigenvalue weighted by atomic mass is 15.4. The van der Waals surface area contributed by atoms with Crippen molar-refractivity contribution in [2.24, 2.45) is 5.92 Å². The van der Waals surface area contributed by atoms with Crippen molar-refractivity contribution in [3.8, 4) is 0 Å². The molecule has 4 aromatic rings. The third-order valence-electron chi connectivity index (χ3n) is 5.97. The minimum absolute atomic E-state index is 0.594. The van der Waals surface area contributed by atoms with Crippen molar-refractivity contribution in [2.45, 2.75) is 32.5 Å². The first-order chi connectivity index (χ1) is 15.3. The number of likely N-dealkylation sites (tertiary alicyclic amines) is 1. The Bertz CT molecular complexity index is 1110. The van der Waals surface area contributed by atoms with E-state index in [2.05, 4.69) is 60.8 Å². The van der Waals surface area contributed by atoms with Crippen LogP contribution in [-0.4, -0.2) is 43.0 Å². The molecule has 1 saturated heterocycles. The van der Waals surface area contributed by atoms with E-state index in [1.165, 1.54) is 18.4 Å². The summed E-state index contributed by atoms with van der Waals surface area (Å²) in [5, 5.41) is 13.1. The van der Waals surface area contributed by atoms with Gasteiger partial charge in [-0.2, -0.15) is 0 Å². The zero-order valence-corrected chi connectivity index (χ0v) is 17.6. The molecule has 0 bridgehead atoms. The number of benzene rings is 2. The Morgan fingerprint density at radius 2 is 1.74 bits per heavy atom. The maximum Gasteiger partial charge on any atom is 0.137 e. The molecule has 5 rings (SSSR count). The van der Waals surface area contributed by atoms with Gasteiger partial charge in [-0.1, -0.05) is 47.7 Å². The lowest BCUT2D eigenvalue weighted by Crippen LogP contribution is -2.34. The lowest BCUT2D eigenvalue weighted by atomic mass is 9.96. The number of nitrogens with zero attached hydrogens (tertiary/aromatic N) is 6. The fourth-order valence-electron chi connectivity index (χ4n) is 4.26. The fourth-order valence-corrected chi connectivity index (χ4v) is 4.26. The molecule has 1 aliphatic rings. The first-order valence-electron chi connectivity index (χ1n) is 10.9. The first kappa shape index (κ1) is 19.6. The molecule has 7 heteroatoms. The van der Waals surface area contributed by atoms with Gasteiger partial charge in [0, 0.05) is 18.5 Å². The van der Waals surface area contributed by atoms with Gasteiger partial charge in [0.15, 0.2) is 0 Å². The van der Waals surface area contributed by atoms with E-state index in [-0.39, 0.29) is 0 Å². The maximum atomic E-state index is 4.38. The van der Waals surface area contributed by atoms with E-state index in [1.54, 1.807) is 6.33 Å². The SMILES string of the molecule is c1ccc(CN2CCC(Cn3cc(CNc4ncnc5ccccc45)nn3)CC2)cc1. The molecule has 3 heterocycles. The minimum atomic E-state index is 0.594. The fraction of sp³-hybridized carbons (Fsp3) is 0.333. The van der Waals surface area contributed by atoms with Crippen molar-refractivity contribution in [3.05, 3.63) is 78.4 Å². The summed E-state index contributed by atoms with van der Waals surface area (Å²) < 4.78 is 1.99. The van der Waals surface area contributed by atoms with E-state index in [9.17, 15) is 0 Å². The first-order valence-corrected chi connectivity index (χ1v) is 10.9. The molecular formula is C24H27N7. The summed E-state index contributed by atoms with van der Waals surface area (Å²) in [5.74, 6) is 1.48. The van der Waals surface area contributed by atoms with Gasteiger partial charge >= 0.3 is 0 Å². The molecule has 0 aliphatic carbocycles. The largest absolute Gasteiger partial charge is 0.364 e. The Kier molecular flexibility index (Phi) is 5.84. The Labute approximate surface area is 182 Å². The molecule has 1 aliphatic heterocycles. The molecular weight excluding hydrogens is 386 g/mol. The number of anilines is 1. The third-order valence-corrected chi connectivity index (χ3v) is 5.97. The van der Waals surface area contributed by atoms with E-state index >= 15 is 0 Å². The standard InChI is InChI=1S/C24H27N7/c1-2-6-19(7-3-1)15-30-12-10-20(11-13-30)16-31-17-21(28-29-31)14-25-24-22-8-4-5-9-23(22)26-18-27-24/h1-9,17-18,20H,10-16H2,(H,25,26,27). The third kappa shape index (κ3) is 4.88. The monoisotopic (exact) mass is 413 g/mol. The quantitative estimate of drug-likeness (QED) is 0.498. The van der Waals surface area contributed by atoms with Gasteiger partial charge in [0.05, 0.1) is 18.3 Å². The van der Waals surface area contributed by atoms with Crippen LogP contribution < -0.4 is 5.32 Å². The van der Waals surface area contributed by atoms with Crippen molar-refractivity contribution >= 4 is 16.7 Å². The predicted molar refractivity (Wildman–Crippen MR) is 121 cm³/mol. The van der Waals surface area contributed by atoms with E-state index in [4.69, 9.17) is 0 Å². The van der Waals surface area contributed by atoms with Crippen molar-refractivity contribution < 1.29 is 0 Å². The van der Waals surface area contributed by atoms with Crippen LogP contribution in [0.15, 0.2) is 67.1 Å². The van der Waals surface area contributed by atoms with Gasteiger partial charge in [0.1, 0.15) is 17.8 Å². The van der Waals surface area contributed by atoms with Crippen LogP contribution in [0, 0.1) is 5.92 Å². The van der Waals surface area contributed by atoms with Gasteiger partial charge in [-0.25, -0.2) is 9.97 Å². The Balaban J connectivity index is 1.12. The van der Waals surface area contributed by atoms with Crippen LogP contribution in [-0.2, 0) is 19.6 Å². The van der Waals surface area contributed by atoms with Crippen LogP contribution >= 0.6 is 0 Å². The molecule has 0 atom stereocenters. The van der Waals surface area contributed by atoms with E-state index in [0.29, 0.717) is 12.5 Å². The highest BCUT2D eigenvalue weighted by Gasteiger charge is 2.20. The molecule has 7 nitrogen and oxygen atoms in total. The van der Waals surface area contributed by atoms with Crippen molar-refractivity contribution in [3.63, 3.8) is 0 Å².